The van der Waals surface area contributed by atoms with Crippen molar-refractivity contribution in [1.82, 2.24) is 15.3 Å². The number of carbonyl (C=O) groups excluding carboxylic acids is 1. The summed E-state index contributed by atoms with van der Waals surface area (Å²) in [5.41, 5.74) is 0.323. The summed E-state index contributed by atoms with van der Waals surface area (Å²) < 4.78 is 10.1. The summed E-state index contributed by atoms with van der Waals surface area (Å²) in [7, 11) is 1.63. The van der Waals surface area contributed by atoms with E-state index in [0.717, 1.165) is 12.2 Å². The molecule has 7 heteroatoms. The molecule has 2 heterocycles. The van der Waals surface area contributed by atoms with E-state index >= 15 is 0 Å². The van der Waals surface area contributed by atoms with Crippen LogP contribution < -0.4 is 10.6 Å². The van der Waals surface area contributed by atoms with Crippen LogP contribution in [-0.2, 0) is 11.3 Å². The van der Waals surface area contributed by atoms with E-state index < -0.39 is 0 Å². The van der Waals surface area contributed by atoms with Gasteiger partial charge in [-0.3, -0.25) is 4.79 Å². The van der Waals surface area contributed by atoms with Crippen molar-refractivity contribution >= 4 is 11.7 Å². The Bertz CT molecular complexity index is 557. The standard InChI is InChI=1S/C14H18N4O3/c1-20-6-3-5-15-14(19)12-8-13(18-10-17-12)16-9-11-4-2-7-21-11/h2,4,7-8,10H,3,5-6,9H2,1H3,(H,15,19)(H,16,17,18). The van der Waals surface area contributed by atoms with E-state index in [9.17, 15) is 4.79 Å². The molecule has 0 fully saturated rings. The molecule has 0 saturated heterocycles. The van der Waals surface area contributed by atoms with E-state index in [2.05, 4.69) is 20.6 Å². The second-order valence-electron chi connectivity index (χ2n) is 4.32. The lowest BCUT2D eigenvalue weighted by Crippen LogP contribution is -2.26. The Morgan fingerprint density at radius 3 is 3.10 bits per heavy atom. The zero-order chi connectivity index (χ0) is 14.9. The molecule has 2 aromatic rings. The molecule has 0 aromatic carbocycles. The Hall–Kier alpha value is -2.41. The van der Waals surface area contributed by atoms with Crippen LogP contribution in [0.3, 0.4) is 0 Å². The molecule has 1 amide bonds. The molecule has 0 bridgehead atoms. The number of carbonyl (C=O) groups is 1. The smallest absolute Gasteiger partial charge is 0.270 e. The zero-order valence-electron chi connectivity index (χ0n) is 11.8. The van der Waals surface area contributed by atoms with Crippen molar-refractivity contribution in [2.24, 2.45) is 0 Å². The van der Waals surface area contributed by atoms with Crippen LogP contribution in [0, 0.1) is 0 Å². The van der Waals surface area contributed by atoms with Gasteiger partial charge in [0.2, 0.25) is 0 Å². The van der Waals surface area contributed by atoms with Crippen LogP contribution >= 0.6 is 0 Å². The summed E-state index contributed by atoms with van der Waals surface area (Å²) in [4.78, 5) is 19.9. The molecule has 0 unspecified atom stereocenters. The highest BCUT2D eigenvalue weighted by Gasteiger charge is 2.08. The molecule has 0 radical (unpaired) electrons. The number of methoxy groups -OCH3 is 1. The van der Waals surface area contributed by atoms with Crippen molar-refractivity contribution in [1.29, 1.82) is 0 Å². The lowest BCUT2D eigenvalue weighted by molar-refractivity contribution is 0.0943. The quantitative estimate of drug-likeness (QED) is 0.715. The van der Waals surface area contributed by atoms with Gasteiger partial charge in [0.25, 0.3) is 5.91 Å². The average Bonchev–Trinajstić information content (AvgIpc) is 3.03. The molecule has 2 aromatic heterocycles. The number of furan rings is 1. The van der Waals surface area contributed by atoms with Gasteiger partial charge in [0, 0.05) is 26.3 Å². The largest absolute Gasteiger partial charge is 0.467 e. The molecule has 0 aliphatic carbocycles. The monoisotopic (exact) mass is 290 g/mol. The fourth-order valence-electron chi connectivity index (χ4n) is 1.68. The van der Waals surface area contributed by atoms with Gasteiger partial charge in [-0.1, -0.05) is 0 Å². The third-order valence-corrected chi connectivity index (χ3v) is 2.73. The van der Waals surface area contributed by atoms with Gasteiger partial charge in [-0.2, -0.15) is 0 Å². The summed E-state index contributed by atoms with van der Waals surface area (Å²) >= 11 is 0. The molecule has 112 valence electrons. The highest BCUT2D eigenvalue weighted by Crippen LogP contribution is 2.07. The minimum atomic E-state index is -0.227. The number of hydrogen-bond acceptors (Lipinski definition) is 6. The second kappa shape index (κ2) is 8.01. The molecule has 0 saturated carbocycles. The van der Waals surface area contributed by atoms with Crippen molar-refractivity contribution in [2.75, 3.05) is 25.6 Å². The molecule has 21 heavy (non-hydrogen) atoms. The van der Waals surface area contributed by atoms with E-state index in [1.807, 2.05) is 12.1 Å². The van der Waals surface area contributed by atoms with Gasteiger partial charge in [-0.25, -0.2) is 9.97 Å². The van der Waals surface area contributed by atoms with Crippen LogP contribution in [0.1, 0.15) is 22.7 Å². The molecule has 0 aliphatic rings. The fourth-order valence-corrected chi connectivity index (χ4v) is 1.68. The topological polar surface area (TPSA) is 89.3 Å². The summed E-state index contributed by atoms with van der Waals surface area (Å²) in [6.45, 7) is 1.66. The Morgan fingerprint density at radius 2 is 2.33 bits per heavy atom. The summed E-state index contributed by atoms with van der Waals surface area (Å²) in [6.07, 6.45) is 3.72. The third-order valence-electron chi connectivity index (χ3n) is 2.73. The van der Waals surface area contributed by atoms with E-state index in [0.29, 0.717) is 31.2 Å². The molecule has 0 spiro atoms. The maximum Gasteiger partial charge on any atom is 0.270 e. The molecule has 2 rings (SSSR count). The van der Waals surface area contributed by atoms with Crippen molar-refractivity contribution in [3.8, 4) is 0 Å². The lowest BCUT2D eigenvalue weighted by Gasteiger charge is -2.06. The predicted molar refractivity (Wildman–Crippen MR) is 76.9 cm³/mol. The van der Waals surface area contributed by atoms with E-state index in [1.165, 1.54) is 6.33 Å². The van der Waals surface area contributed by atoms with Crippen LogP contribution in [0.25, 0.3) is 0 Å². The molecule has 0 atom stereocenters. The molecular weight excluding hydrogens is 272 g/mol. The van der Waals surface area contributed by atoms with Gasteiger partial charge in [-0.05, 0) is 18.6 Å². The Labute approximate surface area is 122 Å². The predicted octanol–water partition coefficient (Wildman–Crippen LogP) is 1.45. The maximum absolute atomic E-state index is 11.9. The van der Waals surface area contributed by atoms with Crippen LogP contribution in [0.5, 0.6) is 0 Å². The van der Waals surface area contributed by atoms with Crippen molar-refractivity contribution in [3.63, 3.8) is 0 Å². The van der Waals surface area contributed by atoms with Crippen molar-refractivity contribution in [3.05, 3.63) is 42.2 Å². The first-order chi connectivity index (χ1) is 10.3. The Balaban J connectivity index is 1.86. The van der Waals surface area contributed by atoms with Gasteiger partial charge in [0.05, 0.1) is 12.8 Å². The van der Waals surface area contributed by atoms with Gasteiger partial charge in [-0.15, -0.1) is 0 Å². The van der Waals surface area contributed by atoms with Gasteiger partial charge >= 0.3 is 0 Å². The van der Waals surface area contributed by atoms with E-state index in [4.69, 9.17) is 9.15 Å². The van der Waals surface area contributed by atoms with Crippen LogP contribution in [-0.4, -0.2) is 36.1 Å². The minimum absolute atomic E-state index is 0.227. The number of ether oxygens (including phenoxy) is 1. The first-order valence-corrected chi connectivity index (χ1v) is 6.65. The van der Waals surface area contributed by atoms with Gasteiger partial charge in [0.15, 0.2) is 0 Å². The molecule has 7 nitrogen and oxygen atoms in total. The number of nitrogens with zero attached hydrogens (tertiary/aromatic N) is 2. The van der Waals surface area contributed by atoms with E-state index in [1.54, 1.807) is 19.4 Å². The second-order valence-corrected chi connectivity index (χ2v) is 4.32. The molecule has 0 aliphatic heterocycles. The molecular formula is C14H18N4O3. The fraction of sp³-hybridized carbons (Fsp3) is 0.357. The van der Waals surface area contributed by atoms with Gasteiger partial charge < -0.3 is 19.8 Å². The third kappa shape index (κ3) is 4.88. The highest BCUT2D eigenvalue weighted by atomic mass is 16.5. The zero-order valence-corrected chi connectivity index (χ0v) is 11.8. The summed E-state index contributed by atoms with van der Waals surface area (Å²) in [5.74, 6) is 1.14. The van der Waals surface area contributed by atoms with Crippen LogP contribution in [0.15, 0.2) is 35.2 Å². The number of anilines is 1. The number of aromatic nitrogens is 2. The normalized spacial score (nSPS) is 10.3. The van der Waals surface area contributed by atoms with Crippen molar-refractivity contribution < 1.29 is 13.9 Å². The van der Waals surface area contributed by atoms with Crippen molar-refractivity contribution in [2.45, 2.75) is 13.0 Å². The van der Waals surface area contributed by atoms with Crippen LogP contribution in [0.2, 0.25) is 0 Å². The maximum atomic E-state index is 11.9. The van der Waals surface area contributed by atoms with Crippen LogP contribution in [0.4, 0.5) is 5.82 Å². The summed E-state index contributed by atoms with van der Waals surface area (Å²) in [6, 6.07) is 5.28. The highest BCUT2D eigenvalue weighted by molar-refractivity contribution is 5.92. The average molecular weight is 290 g/mol. The summed E-state index contributed by atoms with van der Waals surface area (Å²) in [5, 5.41) is 5.85. The minimum Gasteiger partial charge on any atom is -0.467 e. The molecule has 2 N–H and O–H groups in total. The number of hydrogen-bond donors (Lipinski definition) is 2. The first-order valence-electron chi connectivity index (χ1n) is 6.65. The number of rotatable bonds is 8. The number of amides is 1. The Kier molecular flexibility index (Phi) is 5.71. The van der Waals surface area contributed by atoms with Gasteiger partial charge in [0.1, 0.15) is 23.6 Å². The SMILES string of the molecule is COCCCNC(=O)c1cc(NCc2ccco2)ncn1. The number of nitrogens with one attached hydrogen (secondary N) is 2. The first kappa shape index (κ1) is 15.0. The Morgan fingerprint density at radius 1 is 1.43 bits per heavy atom. The van der Waals surface area contributed by atoms with E-state index in [-0.39, 0.29) is 5.91 Å². The lowest BCUT2D eigenvalue weighted by atomic mass is 10.3.